The predicted molar refractivity (Wildman–Crippen MR) is 119 cm³/mol. The topological polar surface area (TPSA) is 61.3 Å². The maximum absolute atomic E-state index is 6.42. The van der Waals surface area contributed by atoms with Gasteiger partial charge in [0.2, 0.25) is 0 Å². The minimum absolute atomic E-state index is 0.682. The molecule has 0 saturated carbocycles. The Balaban J connectivity index is 1.47. The highest BCUT2D eigenvalue weighted by Crippen LogP contribution is 2.40. The Morgan fingerprint density at radius 3 is 1.42 bits per heavy atom. The van der Waals surface area contributed by atoms with Crippen molar-refractivity contribution in [3.63, 3.8) is 0 Å². The monoisotopic (exact) mass is 404 g/mol. The molecule has 6 rings (SSSR count). The van der Waals surface area contributed by atoms with Gasteiger partial charge in [-0.05, 0) is 48.5 Å². The molecule has 31 heavy (non-hydrogen) atoms. The molecule has 0 fully saturated rings. The third-order valence-electron chi connectivity index (χ3n) is 5.26. The van der Waals surface area contributed by atoms with Gasteiger partial charge in [0.15, 0.2) is 11.2 Å². The van der Waals surface area contributed by atoms with E-state index in [0.717, 1.165) is 44.5 Å². The van der Waals surface area contributed by atoms with E-state index in [1.807, 2.05) is 97.1 Å². The Bertz CT molecular complexity index is 1410. The summed E-state index contributed by atoms with van der Waals surface area (Å²) >= 11 is 0. The molecule has 2 heterocycles. The molecule has 0 N–H and O–H groups in total. The Kier molecular flexibility index (Phi) is 4.03. The second-order valence-corrected chi connectivity index (χ2v) is 7.15. The van der Waals surface area contributed by atoms with Crippen molar-refractivity contribution in [3.05, 3.63) is 97.1 Å². The van der Waals surface area contributed by atoms with E-state index in [-0.39, 0.29) is 0 Å². The molecular formula is C26H16N2O3. The van der Waals surface area contributed by atoms with Crippen LogP contribution in [0.3, 0.4) is 0 Å². The molecule has 0 unspecified atom stereocenters. The average molecular weight is 404 g/mol. The number of hydrogen-bond donors (Lipinski definition) is 0. The lowest BCUT2D eigenvalue weighted by molar-refractivity contribution is 0.454. The molecule has 0 saturated heterocycles. The molecule has 0 atom stereocenters. The van der Waals surface area contributed by atoms with E-state index >= 15 is 0 Å². The number of fused-ring (bicyclic) bond motifs is 2. The van der Waals surface area contributed by atoms with E-state index in [9.17, 15) is 0 Å². The van der Waals surface area contributed by atoms with Crippen molar-refractivity contribution in [2.75, 3.05) is 0 Å². The van der Waals surface area contributed by atoms with Gasteiger partial charge in [-0.3, -0.25) is 0 Å². The third kappa shape index (κ3) is 2.95. The molecule has 148 valence electrons. The van der Waals surface area contributed by atoms with Gasteiger partial charge in [0.05, 0.1) is 0 Å². The maximum Gasteiger partial charge on any atom is 0.167 e. The average Bonchev–Trinajstić information content (AvgIpc) is 3.44. The number of ether oxygens (including phenoxy) is 1. The molecule has 0 aliphatic rings. The highest BCUT2D eigenvalue weighted by atomic mass is 16.5. The van der Waals surface area contributed by atoms with Crippen LogP contribution in [0.1, 0.15) is 0 Å². The number of rotatable bonds is 4. The van der Waals surface area contributed by atoms with Crippen LogP contribution in [-0.2, 0) is 0 Å². The van der Waals surface area contributed by atoms with Crippen molar-refractivity contribution in [1.82, 2.24) is 10.3 Å². The smallest absolute Gasteiger partial charge is 0.167 e. The van der Waals surface area contributed by atoms with Gasteiger partial charge in [-0.2, -0.15) is 0 Å². The van der Waals surface area contributed by atoms with Gasteiger partial charge in [-0.15, -0.1) is 0 Å². The van der Waals surface area contributed by atoms with Crippen LogP contribution in [0.4, 0.5) is 0 Å². The van der Waals surface area contributed by atoms with E-state index in [2.05, 4.69) is 10.3 Å². The summed E-state index contributed by atoms with van der Waals surface area (Å²) in [5, 5.41) is 10.5. The van der Waals surface area contributed by atoms with E-state index in [0.29, 0.717) is 11.5 Å². The molecule has 5 heteroatoms. The summed E-state index contributed by atoms with van der Waals surface area (Å²) in [5.41, 5.74) is 4.68. The second kappa shape index (κ2) is 7.15. The summed E-state index contributed by atoms with van der Waals surface area (Å²) in [6.07, 6.45) is 0. The molecule has 6 aromatic rings. The zero-order chi connectivity index (χ0) is 20.6. The van der Waals surface area contributed by atoms with Gasteiger partial charge in [0.1, 0.15) is 22.9 Å². The highest BCUT2D eigenvalue weighted by Gasteiger charge is 2.18. The molecule has 0 spiro atoms. The fraction of sp³-hybridized carbons (Fsp3) is 0. The van der Waals surface area contributed by atoms with Crippen LogP contribution in [0.25, 0.3) is 44.5 Å². The number of benzene rings is 4. The van der Waals surface area contributed by atoms with Crippen LogP contribution < -0.4 is 4.74 Å². The lowest BCUT2D eigenvalue weighted by Crippen LogP contribution is -1.91. The molecular weight excluding hydrogens is 388 g/mol. The number of para-hydroxylation sites is 4. The molecule has 5 nitrogen and oxygen atoms in total. The Hall–Kier alpha value is -4.38. The number of aromatic nitrogens is 2. The van der Waals surface area contributed by atoms with Crippen LogP contribution in [0, 0.1) is 0 Å². The lowest BCUT2D eigenvalue weighted by Gasteiger charge is -2.12. The number of nitrogens with zero attached hydrogens (tertiary/aromatic N) is 2. The Labute approximate surface area is 177 Å². The fourth-order valence-electron chi connectivity index (χ4n) is 3.78. The van der Waals surface area contributed by atoms with Crippen molar-refractivity contribution < 1.29 is 13.8 Å². The maximum atomic E-state index is 6.42. The van der Waals surface area contributed by atoms with Crippen LogP contribution in [-0.4, -0.2) is 10.3 Å². The Morgan fingerprint density at radius 2 is 0.903 bits per heavy atom. The molecule has 0 aliphatic carbocycles. The molecule has 2 aromatic heterocycles. The minimum atomic E-state index is 0.682. The first kappa shape index (κ1) is 17.5. The van der Waals surface area contributed by atoms with Gasteiger partial charge < -0.3 is 13.8 Å². The standard InChI is InChI=1S/C26H16N2O3/c1-5-13-21(17(9-1)25-19-11-3-7-15-23(19)30-27-25)29-22-14-6-2-10-18(22)26-20-12-4-8-16-24(20)31-28-26/h1-16H. The van der Waals surface area contributed by atoms with Crippen molar-refractivity contribution in [3.8, 4) is 34.0 Å². The molecule has 4 aromatic carbocycles. The second-order valence-electron chi connectivity index (χ2n) is 7.15. The van der Waals surface area contributed by atoms with Crippen molar-refractivity contribution >= 4 is 21.9 Å². The predicted octanol–water partition coefficient (Wildman–Crippen LogP) is 7.10. The van der Waals surface area contributed by atoms with Gasteiger partial charge >= 0.3 is 0 Å². The third-order valence-corrected chi connectivity index (χ3v) is 5.26. The largest absolute Gasteiger partial charge is 0.456 e. The summed E-state index contributed by atoms with van der Waals surface area (Å²) in [5.74, 6) is 1.36. The van der Waals surface area contributed by atoms with Crippen molar-refractivity contribution in [2.24, 2.45) is 0 Å². The zero-order valence-electron chi connectivity index (χ0n) is 16.4. The van der Waals surface area contributed by atoms with Gasteiger partial charge in [0, 0.05) is 21.9 Å². The van der Waals surface area contributed by atoms with Crippen LogP contribution in [0.5, 0.6) is 11.5 Å². The molecule has 0 bridgehead atoms. The van der Waals surface area contributed by atoms with Gasteiger partial charge in [-0.1, -0.05) is 58.8 Å². The lowest BCUT2D eigenvalue weighted by atomic mass is 10.1. The van der Waals surface area contributed by atoms with Gasteiger partial charge in [-0.25, -0.2) is 0 Å². The van der Waals surface area contributed by atoms with Crippen LogP contribution in [0.2, 0.25) is 0 Å². The molecule has 0 radical (unpaired) electrons. The molecule has 0 aliphatic heterocycles. The van der Waals surface area contributed by atoms with Crippen LogP contribution in [0.15, 0.2) is 106 Å². The number of hydrogen-bond acceptors (Lipinski definition) is 5. The zero-order valence-corrected chi connectivity index (χ0v) is 16.4. The van der Waals surface area contributed by atoms with Gasteiger partial charge in [0.25, 0.3) is 0 Å². The van der Waals surface area contributed by atoms with E-state index in [1.54, 1.807) is 0 Å². The molecule has 0 amide bonds. The SMILES string of the molecule is c1ccc(-c2noc3ccccc23)c(Oc2ccccc2-c2noc3ccccc23)c1. The normalized spacial score (nSPS) is 11.2. The van der Waals surface area contributed by atoms with E-state index < -0.39 is 0 Å². The quantitative estimate of drug-likeness (QED) is 0.314. The van der Waals surface area contributed by atoms with Crippen LogP contribution >= 0.6 is 0 Å². The summed E-state index contributed by atoms with van der Waals surface area (Å²) in [6.45, 7) is 0. The highest BCUT2D eigenvalue weighted by molar-refractivity contribution is 5.94. The Morgan fingerprint density at radius 1 is 0.484 bits per heavy atom. The fourth-order valence-corrected chi connectivity index (χ4v) is 3.78. The minimum Gasteiger partial charge on any atom is -0.456 e. The summed E-state index contributed by atoms with van der Waals surface area (Å²) in [4.78, 5) is 0. The first-order valence-corrected chi connectivity index (χ1v) is 9.94. The summed E-state index contributed by atoms with van der Waals surface area (Å²) in [7, 11) is 0. The summed E-state index contributed by atoms with van der Waals surface area (Å²) < 4.78 is 17.4. The first-order chi connectivity index (χ1) is 15.4. The summed E-state index contributed by atoms with van der Waals surface area (Å²) in [6, 6.07) is 31.2. The van der Waals surface area contributed by atoms with E-state index in [1.165, 1.54) is 0 Å². The van der Waals surface area contributed by atoms with E-state index in [4.69, 9.17) is 13.8 Å². The van der Waals surface area contributed by atoms with Crippen molar-refractivity contribution in [2.45, 2.75) is 0 Å². The first-order valence-electron chi connectivity index (χ1n) is 9.94. The van der Waals surface area contributed by atoms with Crippen molar-refractivity contribution in [1.29, 1.82) is 0 Å².